The van der Waals surface area contributed by atoms with Crippen LogP contribution in [0.25, 0.3) is 0 Å². The second-order valence-corrected chi connectivity index (χ2v) is 7.43. The number of thioether (sulfide) groups is 1. The van der Waals surface area contributed by atoms with Gasteiger partial charge in [-0.05, 0) is 43.0 Å². The van der Waals surface area contributed by atoms with Crippen LogP contribution in [0.2, 0.25) is 5.02 Å². The third kappa shape index (κ3) is 3.47. The minimum atomic E-state index is -0.169. The SMILES string of the molecule is O=C(NCC1(CO)CC1)NC1CCSc2ccc(Cl)cc21. The number of hydrogen-bond acceptors (Lipinski definition) is 3. The topological polar surface area (TPSA) is 61.4 Å². The zero-order valence-corrected chi connectivity index (χ0v) is 13.3. The lowest BCUT2D eigenvalue weighted by Gasteiger charge is -2.26. The summed E-state index contributed by atoms with van der Waals surface area (Å²) < 4.78 is 0. The van der Waals surface area contributed by atoms with Gasteiger partial charge in [-0.15, -0.1) is 11.8 Å². The van der Waals surface area contributed by atoms with Crippen LogP contribution < -0.4 is 10.6 Å². The summed E-state index contributed by atoms with van der Waals surface area (Å²) >= 11 is 7.86. The van der Waals surface area contributed by atoms with Crippen molar-refractivity contribution in [3.05, 3.63) is 28.8 Å². The third-order valence-corrected chi connectivity index (χ3v) is 5.59. The Morgan fingerprint density at radius 3 is 3.00 bits per heavy atom. The second-order valence-electron chi connectivity index (χ2n) is 5.86. The molecular formula is C15H19ClN2O2S. The lowest BCUT2D eigenvalue weighted by atomic mass is 10.0. The molecule has 4 nitrogen and oxygen atoms in total. The van der Waals surface area contributed by atoms with Crippen LogP contribution in [0, 0.1) is 5.41 Å². The highest BCUT2D eigenvalue weighted by atomic mass is 35.5. The molecule has 1 atom stereocenters. The van der Waals surface area contributed by atoms with E-state index in [1.54, 1.807) is 11.8 Å². The summed E-state index contributed by atoms with van der Waals surface area (Å²) in [6, 6.07) is 5.67. The van der Waals surface area contributed by atoms with Gasteiger partial charge in [0.1, 0.15) is 0 Å². The van der Waals surface area contributed by atoms with Gasteiger partial charge >= 0.3 is 6.03 Å². The van der Waals surface area contributed by atoms with Gasteiger partial charge in [-0.1, -0.05) is 11.6 Å². The fourth-order valence-electron chi connectivity index (χ4n) is 2.56. The number of hydrogen-bond donors (Lipinski definition) is 3. The smallest absolute Gasteiger partial charge is 0.315 e. The molecule has 1 aromatic carbocycles. The average molecular weight is 327 g/mol. The molecule has 1 aromatic rings. The molecule has 2 aliphatic rings. The summed E-state index contributed by atoms with van der Waals surface area (Å²) in [7, 11) is 0. The van der Waals surface area contributed by atoms with Crippen LogP contribution >= 0.6 is 23.4 Å². The van der Waals surface area contributed by atoms with Gasteiger partial charge in [0.2, 0.25) is 0 Å². The van der Waals surface area contributed by atoms with Gasteiger partial charge in [-0.2, -0.15) is 0 Å². The number of benzene rings is 1. The van der Waals surface area contributed by atoms with Crippen molar-refractivity contribution < 1.29 is 9.90 Å². The largest absolute Gasteiger partial charge is 0.396 e. The summed E-state index contributed by atoms with van der Waals surface area (Å²) in [6.07, 6.45) is 2.88. The molecule has 2 amide bonds. The van der Waals surface area contributed by atoms with Crippen LogP contribution in [0.15, 0.2) is 23.1 Å². The van der Waals surface area contributed by atoms with Crippen LogP contribution in [0.3, 0.4) is 0 Å². The molecule has 0 spiro atoms. The van der Waals surface area contributed by atoms with Crippen molar-refractivity contribution in [1.82, 2.24) is 10.6 Å². The Labute approximate surface area is 133 Å². The monoisotopic (exact) mass is 326 g/mol. The van der Waals surface area contributed by atoms with Gasteiger partial charge in [0, 0.05) is 27.6 Å². The molecular weight excluding hydrogens is 308 g/mol. The van der Waals surface area contributed by atoms with Crippen LogP contribution in [0.4, 0.5) is 4.79 Å². The maximum Gasteiger partial charge on any atom is 0.315 e. The van der Waals surface area contributed by atoms with E-state index in [4.69, 9.17) is 11.6 Å². The first-order chi connectivity index (χ1) is 10.1. The van der Waals surface area contributed by atoms with Crippen molar-refractivity contribution in [2.45, 2.75) is 30.2 Å². The Morgan fingerprint density at radius 2 is 2.29 bits per heavy atom. The van der Waals surface area contributed by atoms with E-state index in [2.05, 4.69) is 10.6 Å². The van der Waals surface area contributed by atoms with Crippen molar-refractivity contribution in [2.75, 3.05) is 18.9 Å². The molecule has 1 heterocycles. The van der Waals surface area contributed by atoms with E-state index in [1.165, 1.54) is 4.90 Å². The van der Waals surface area contributed by atoms with E-state index >= 15 is 0 Å². The number of aliphatic hydroxyl groups excluding tert-OH is 1. The first kappa shape index (κ1) is 15.0. The number of nitrogens with one attached hydrogen (secondary N) is 2. The van der Waals surface area contributed by atoms with Gasteiger partial charge in [0.05, 0.1) is 12.6 Å². The molecule has 6 heteroatoms. The van der Waals surface area contributed by atoms with E-state index in [9.17, 15) is 9.90 Å². The van der Waals surface area contributed by atoms with Crippen LogP contribution in [0.5, 0.6) is 0 Å². The van der Waals surface area contributed by atoms with Crippen molar-refractivity contribution >= 4 is 29.4 Å². The molecule has 0 aromatic heterocycles. The highest BCUT2D eigenvalue weighted by Gasteiger charge is 2.42. The quantitative estimate of drug-likeness (QED) is 0.797. The van der Waals surface area contributed by atoms with Crippen LogP contribution in [-0.4, -0.2) is 30.0 Å². The number of amides is 2. The standard InChI is InChI=1S/C15H19ClN2O2S/c16-10-1-2-13-11(7-10)12(3-6-21-13)18-14(20)17-8-15(9-19)4-5-15/h1-2,7,12,19H,3-6,8-9H2,(H2,17,18,20). The van der Waals surface area contributed by atoms with Crippen molar-refractivity contribution in [1.29, 1.82) is 0 Å². The van der Waals surface area contributed by atoms with E-state index in [1.807, 2.05) is 18.2 Å². The zero-order valence-electron chi connectivity index (χ0n) is 11.7. The van der Waals surface area contributed by atoms with E-state index < -0.39 is 0 Å². The van der Waals surface area contributed by atoms with Gasteiger partial charge < -0.3 is 15.7 Å². The van der Waals surface area contributed by atoms with Crippen molar-refractivity contribution in [3.8, 4) is 0 Å². The summed E-state index contributed by atoms with van der Waals surface area (Å²) in [5.74, 6) is 0.986. The molecule has 1 aliphatic heterocycles. The third-order valence-electron chi connectivity index (χ3n) is 4.23. The number of rotatable bonds is 4. The number of urea groups is 1. The maximum absolute atomic E-state index is 12.1. The van der Waals surface area contributed by atoms with Crippen LogP contribution in [-0.2, 0) is 0 Å². The fraction of sp³-hybridized carbons (Fsp3) is 0.533. The van der Waals surface area contributed by atoms with E-state index in [0.29, 0.717) is 11.6 Å². The Kier molecular flexibility index (Phi) is 4.33. The average Bonchev–Trinajstić information content (AvgIpc) is 3.26. The Bertz CT molecular complexity index is 548. The lowest BCUT2D eigenvalue weighted by Crippen LogP contribution is -2.42. The zero-order chi connectivity index (χ0) is 14.9. The van der Waals surface area contributed by atoms with E-state index in [0.717, 1.165) is 30.6 Å². The number of fused-ring (bicyclic) bond motifs is 1. The molecule has 3 rings (SSSR count). The molecule has 1 saturated carbocycles. The number of carbonyl (C=O) groups excluding carboxylic acids is 1. The molecule has 0 bridgehead atoms. The Hall–Kier alpha value is -0.910. The number of halogens is 1. The molecule has 114 valence electrons. The summed E-state index contributed by atoms with van der Waals surface area (Å²) in [6.45, 7) is 0.686. The number of aliphatic hydroxyl groups is 1. The molecule has 0 radical (unpaired) electrons. The highest BCUT2D eigenvalue weighted by Crippen LogP contribution is 2.44. The Morgan fingerprint density at radius 1 is 1.48 bits per heavy atom. The summed E-state index contributed by atoms with van der Waals surface area (Å²) in [5, 5.41) is 15.9. The van der Waals surface area contributed by atoms with Gasteiger partial charge in [0.25, 0.3) is 0 Å². The first-order valence-electron chi connectivity index (χ1n) is 7.19. The molecule has 3 N–H and O–H groups in total. The summed E-state index contributed by atoms with van der Waals surface area (Å²) in [4.78, 5) is 13.2. The fourth-order valence-corrected chi connectivity index (χ4v) is 3.85. The number of carbonyl (C=O) groups is 1. The van der Waals surface area contributed by atoms with E-state index in [-0.39, 0.29) is 24.1 Å². The molecule has 21 heavy (non-hydrogen) atoms. The lowest BCUT2D eigenvalue weighted by molar-refractivity contribution is 0.202. The highest BCUT2D eigenvalue weighted by molar-refractivity contribution is 7.99. The molecule has 1 unspecified atom stereocenters. The minimum absolute atomic E-state index is 0.00392. The predicted octanol–water partition coefficient (Wildman–Crippen LogP) is 2.95. The molecule has 0 saturated heterocycles. The van der Waals surface area contributed by atoms with Crippen molar-refractivity contribution in [3.63, 3.8) is 0 Å². The normalized spacial score (nSPS) is 22.3. The summed E-state index contributed by atoms with van der Waals surface area (Å²) in [5.41, 5.74) is 1.03. The second kappa shape index (κ2) is 6.07. The van der Waals surface area contributed by atoms with Crippen LogP contribution in [0.1, 0.15) is 30.9 Å². The van der Waals surface area contributed by atoms with Gasteiger partial charge in [-0.3, -0.25) is 0 Å². The van der Waals surface area contributed by atoms with Gasteiger partial charge in [-0.25, -0.2) is 4.79 Å². The Balaban J connectivity index is 1.61. The maximum atomic E-state index is 12.1. The molecule has 1 aliphatic carbocycles. The van der Waals surface area contributed by atoms with Crippen molar-refractivity contribution in [2.24, 2.45) is 5.41 Å². The molecule has 1 fully saturated rings. The van der Waals surface area contributed by atoms with Gasteiger partial charge in [0.15, 0.2) is 0 Å². The first-order valence-corrected chi connectivity index (χ1v) is 8.56. The minimum Gasteiger partial charge on any atom is -0.396 e. The predicted molar refractivity (Wildman–Crippen MR) is 84.8 cm³/mol.